The molecule has 0 bridgehead atoms. The Morgan fingerprint density at radius 2 is 1.78 bits per heavy atom. The molecule has 0 saturated heterocycles. The van der Waals surface area contributed by atoms with Crippen LogP contribution in [0.25, 0.3) is 0 Å². The second-order valence-corrected chi connectivity index (χ2v) is 8.02. The minimum Gasteiger partial charge on any atom is -0.550 e. The molecule has 0 amide bonds. The van der Waals surface area contributed by atoms with Gasteiger partial charge in [-0.25, -0.2) is 4.79 Å². The van der Waals surface area contributed by atoms with Gasteiger partial charge in [-0.2, -0.15) is 0 Å². The molecule has 0 aromatic carbocycles. The van der Waals surface area contributed by atoms with E-state index in [1.54, 1.807) is 0 Å². The summed E-state index contributed by atoms with van der Waals surface area (Å²) in [6, 6.07) is 0. The van der Waals surface area contributed by atoms with Crippen molar-refractivity contribution in [2.75, 3.05) is 27.7 Å². The van der Waals surface area contributed by atoms with Crippen molar-refractivity contribution in [3.05, 3.63) is 0 Å². The lowest BCUT2D eigenvalue weighted by Gasteiger charge is -2.29. The molecular weight excluding hydrogens is 254 g/mol. The number of hydrogen-bond acceptors (Lipinski definition) is 5. The van der Waals surface area contributed by atoms with Gasteiger partial charge in [0.1, 0.15) is 6.54 Å². The van der Waals surface area contributed by atoms with Crippen LogP contribution < -0.4 is 5.11 Å². The van der Waals surface area contributed by atoms with E-state index < -0.39 is 17.4 Å². The van der Waals surface area contributed by atoms with Gasteiger partial charge in [0.25, 0.3) is 0 Å². The summed E-state index contributed by atoms with van der Waals surface area (Å²) in [5.41, 5.74) is 0. The molecule has 0 N–H and O–H groups in total. The van der Waals surface area contributed by atoms with Crippen molar-refractivity contribution in [1.82, 2.24) is 0 Å². The molecule has 0 rings (SSSR count). The molecule has 0 aliphatic heterocycles. The minimum absolute atomic E-state index is 0.250. The Hall–Kier alpha value is -0.750. The number of carboxylic acid groups (broad SMARTS) is 1. The van der Waals surface area contributed by atoms with Gasteiger partial charge in [0.15, 0.2) is 6.10 Å². The first kappa shape index (κ1) is 17.2. The van der Waals surface area contributed by atoms with Crippen molar-refractivity contribution in [3.63, 3.8) is 0 Å². The number of nitrogens with zero attached hydrogens (tertiary/aromatic N) is 1. The lowest BCUT2D eigenvalue weighted by Crippen LogP contribution is -2.45. The smallest absolute Gasteiger partial charge is 0.368 e. The summed E-state index contributed by atoms with van der Waals surface area (Å²) in [6.07, 6.45) is -0.927. The number of ether oxygens (including phenoxy) is 1. The average Bonchev–Trinajstić information content (AvgIpc) is 1.92. The second-order valence-electron chi connectivity index (χ2n) is 6.25. The number of thioether (sulfide) groups is 1. The van der Waals surface area contributed by atoms with E-state index in [4.69, 9.17) is 4.74 Å². The summed E-state index contributed by atoms with van der Waals surface area (Å²) in [5, 5.41) is 10.2. The summed E-state index contributed by atoms with van der Waals surface area (Å²) in [5.74, 6) is -1.21. The Morgan fingerprint density at radius 3 is 2.11 bits per heavy atom. The van der Waals surface area contributed by atoms with Gasteiger partial charge in [-0.05, 0) is 11.8 Å². The standard InChI is InChI=1S/C12H23NO4S/c1-12(2,3)18-11(16)17-9(7-10(14)15)8-13(4,5)6/h9H,7-8H2,1-6H3/t9-/m0/s1. The number of carbonyl (C=O) groups excluding carboxylic acids is 2. The third-order valence-corrected chi connectivity index (χ3v) is 2.67. The zero-order valence-corrected chi connectivity index (χ0v) is 12.8. The fourth-order valence-electron chi connectivity index (χ4n) is 1.35. The topological polar surface area (TPSA) is 66.4 Å². The number of hydrogen-bond donors (Lipinski definition) is 0. The minimum atomic E-state index is -1.21. The van der Waals surface area contributed by atoms with Crippen LogP contribution in [0.2, 0.25) is 0 Å². The van der Waals surface area contributed by atoms with E-state index in [0.29, 0.717) is 11.0 Å². The van der Waals surface area contributed by atoms with Crippen LogP contribution >= 0.6 is 11.8 Å². The number of carbonyl (C=O) groups is 2. The van der Waals surface area contributed by atoms with Crippen LogP contribution in [0.4, 0.5) is 4.79 Å². The summed E-state index contributed by atoms with van der Waals surface area (Å²) in [4.78, 5) is 22.3. The van der Waals surface area contributed by atoms with Gasteiger partial charge in [-0.15, -0.1) is 0 Å². The first-order chi connectivity index (χ1) is 7.89. The van der Waals surface area contributed by atoms with Crippen LogP contribution in [0.3, 0.4) is 0 Å². The number of carboxylic acids is 1. The van der Waals surface area contributed by atoms with Gasteiger partial charge in [-0.1, -0.05) is 20.8 Å². The van der Waals surface area contributed by atoms with E-state index in [0.717, 1.165) is 11.8 Å². The molecule has 0 saturated carbocycles. The van der Waals surface area contributed by atoms with Crippen LogP contribution in [0.1, 0.15) is 27.2 Å². The molecule has 0 fully saturated rings. The molecule has 106 valence electrons. The molecule has 1 atom stereocenters. The largest absolute Gasteiger partial charge is 0.550 e. The van der Waals surface area contributed by atoms with E-state index >= 15 is 0 Å². The lowest BCUT2D eigenvalue weighted by atomic mass is 10.2. The maximum absolute atomic E-state index is 11.7. The first-order valence-electron chi connectivity index (χ1n) is 5.79. The zero-order valence-electron chi connectivity index (χ0n) is 12.0. The van der Waals surface area contributed by atoms with Gasteiger partial charge in [0, 0.05) is 17.1 Å². The van der Waals surface area contributed by atoms with Crippen LogP contribution in [0.5, 0.6) is 0 Å². The Balaban J connectivity index is 4.50. The summed E-state index contributed by atoms with van der Waals surface area (Å²) in [7, 11) is 5.73. The van der Waals surface area contributed by atoms with Crippen molar-refractivity contribution >= 4 is 23.0 Å². The summed E-state index contributed by atoms with van der Waals surface area (Å²) >= 11 is 1.06. The van der Waals surface area contributed by atoms with Crippen molar-refractivity contribution in [1.29, 1.82) is 0 Å². The lowest BCUT2D eigenvalue weighted by molar-refractivity contribution is -0.873. The maximum Gasteiger partial charge on any atom is 0.368 e. The molecule has 0 aliphatic carbocycles. The summed E-state index contributed by atoms with van der Waals surface area (Å²) in [6.45, 7) is 6.12. The molecule has 0 aromatic heterocycles. The van der Waals surface area contributed by atoms with Crippen LogP contribution in [-0.2, 0) is 9.53 Å². The molecule has 0 spiro atoms. The Labute approximate surface area is 113 Å². The summed E-state index contributed by atoms with van der Waals surface area (Å²) < 4.78 is 5.47. The third kappa shape index (κ3) is 10.4. The molecule has 6 heteroatoms. The number of aliphatic carboxylic acids is 1. The Morgan fingerprint density at radius 1 is 1.28 bits per heavy atom. The highest BCUT2D eigenvalue weighted by molar-refractivity contribution is 8.14. The van der Waals surface area contributed by atoms with Crippen molar-refractivity contribution in [3.8, 4) is 0 Å². The molecular formula is C12H23NO4S. The maximum atomic E-state index is 11.7. The van der Waals surface area contributed by atoms with Crippen LogP contribution in [0, 0.1) is 0 Å². The van der Waals surface area contributed by atoms with Gasteiger partial charge < -0.3 is 19.1 Å². The molecule has 18 heavy (non-hydrogen) atoms. The van der Waals surface area contributed by atoms with Gasteiger partial charge in [0.05, 0.1) is 21.1 Å². The van der Waals surface area contributed by atoms with Crippen molar-refractivity contribution in [2.24, 2.45) is 0 Å². The van der Waals surface area contributed by atoms with E-state index in [2.05, 4.69) is 0 Å². The molecule has 0 aliphatic rings. The fourth-order valence-corrected chi connectivity index (χ4v) is 2.03. The van der Waals surface area contributed by atoms with Crippen molar-refractivity contribution < 1.29 is 23.9 Å². The highest BCUT2D eigenvalue weighted by atomic mass is 32.2. The Bertz CT molecular complexity index is 304. The van der Waals surface area contributed by atoms with E-state index in [1.807, 2.05) is 41.9 Å². The predicted octanol–water partition coefficient (Wildman–Crippen LogP) is 0.869. The van der Waals surface area contributed by atoms with E-state index in [9.17, 15) is 14.7 Å². The average molecular weight is 277 g/mol. The normalized spacial score (nSPS) is 14.1. The second kappa shape index (κ2) is 6.43. The quantitative estimate of drug-likeness (QED) is 0.551. The SMILES string of the molecule is CC(C)(C)SC(=O)O[C@@H](CC(=O)[O-])C[N+](C)(C)C. The molecule has 5 nitrogen and oxygen atoms in total. The van der Waals surface area contributed by atoms with Gasteiger partial charge in [-0.3, -0.25) is 0 Å². The van der Waals surface area contributed by atoms with Gasteiger partial charge in [0.2, 0.25) is 0 Å². The predicted molar refractivity (Wildman–Crippen MR) is 70.1 cm³/mol. The fraction of sp³-hybridized carbons (Fsp3) is 0.833. The van der Waals surface area contributed by atoms with Crippen LogP contribution in [0.15, 0.2) is 0 Å². The number of rotatable bonds is 5. The number of likely N-dealkylation sites (N-methyl/N-ethyl adjacent to an activating group) is 1. The van der Waals surface area contributed by atoms with Gasteiger partial charge >= 0.3 is 5.30 Å². The third-order valence-electron chi connectivity index (χ3n) is 1.80. The molecule has 0 unspecified atom stereocenters. The zero-order chi connectivity index (χ0) is 14.6. The molecule has 0 radical (unpaired) electrons. The number of quaternary nitrogens is 1. The highest BCUT2D eigenvalue weighted by Gasteiger charge is 2.25. The van der Waals surface area contributed by atoms with Crippen molar-refractivity contribution in [2.45, 2.75) is 38.0 Å². The first-order valence-corrected chi connectivity index (χ1v) is 6.60. The monoisotopic (exact) mass is 277 g/mol. The molecule has 0 aromatic rings. The van der Waals surface area contributed by atoms with E-state index in [-0.39, 0.29) is 11.2 Å². The Kier molecular flexibility index (Phi) is 6.16. The highest BCUT2D eigenvalue weighted by Crippen LogP contribution is 2.26. The van der Waals surface area contributed by atoms with Crippen LogP contribution in [-0.4, -0.2) is 54.3 Å². The van der Waals surface area contributed by atoms with E-state index in [1.165, 1.54) is 0 Å². The molecule has 0 heterocycles.